The van der Waals surface area contributed by atoms with Gasteiger partial charge in [-0.3, -0.25) is 0 Å². The molecule has 0 radical (unpaired) electrons. The number of hydrogen-bond acceptors (Lipinski definition) is 1. The second kappa shape index (κ2) is 2.54. The maximum absolute atomic E-state index is 3.51. The fraction of sp³-hybridized carbons (Fsp3) is 1.00. The van der Waals surface area contributed by atoms with Crippen LogP contribution in [0.4, 0.5) is 0 Å². The Kier molecular flexibility index (Phi) is 1.69. The van der Waals surface area contributed by atoms with E-state index in [4.69, 9.17) is 0 Å². The van der Waals surface area contributed by atoms with Gasteiger partial charge < -0.3 is 5.32 Å². The molecule has 1 N–H and O–H groups in total. The third kappa shape index (κ3) is 1.20. The van der Waals surface area contributed by atoms with Gasteiger partial charge in [0.25, 0.3) is 0 Å². The molecule has 2 atom stereocenters. The molecule has 0 aromatic carbocycles. The van der Waals surface area contributed by atoms with E-state index in [0.717, 1.165) is 17.8 Å². The van der Waals surface area contributed by atoms with Crippen LogP contribution in [0.1, 0.15) is 26.2 Å². The predicted octanol–water partition coefficient (Wildman–Crippen LogP) is 1.64. The Balaban J connectivity index is 1.98. The maximum Gasteiger partial charge on any atom is -0.00202 e. The molecule has 0 amide bonds. The van der Waals surface area contributed by atoms with Crippen molar-refractivity contribution in [3.05, 3.63) is 0 Å². The van der Waals surface area contributed by atoms with Gasteiger partial charge >= 0.3 is 0 Å². The quantitative estimate of drug-likeness (QED) is 0.538. The third-order valence-electron chi connectivity index (χ3n) is 3.00. The summed E-state index contributed by atoms with van der Waals surface area (Å²) in [4.78, 5) is 0. The smallest absolute Gasteiger partial charge is 0.00202 e. The maximum atomic E-state index is 3.51. The molecule has 1 aliphatic heterocycles. The molecule has 1 nitrogen and oxygen atoms in total. The normalized spacial score (nSPS) is 47.1. The second-order valence-corrected chi connectivity index (χ2v) is 4.20. The van der Waals surface area contributed by atoms with Crippen molar-refractivity contribution < 1.29 is 0 Å². The van der Waals surface area contributed by atoms with Crippen molar-refractivity contribution >= 4 is 0 Å². The van der Waals surface area contributed by atoms with E-state index in [0.29, 0.717) is 0 Å². The van der Waals surface area contributed by atoms with Crippen molar-refractivity contribution in [2.45, 2.75) is 26.2 Å². The van der Waals surface area contributed by atoms with Crippen molar-refractivity contribution in [1.82, 2.24) is 5.32 Å². The first-order valence-electron chi connectivity index (χ1n) is 4.55. The summed E-state index contributed by atoms with van der Waals surface area (Å²) in [6.07, 6.45) is 4.46. The zero-order chi connectivity index (χ0) is 6.97. The first kappa shape index (κ1) is 6.66. The largest absolute Gasteiger partial charge is 0.316 e. The number of rotatable bonds is 0. The van der Waals surface area contributed by atoms with Crippen LogP contribution in [-0.4, -0.2) is 13.1 Å². The van der Waals surface area contributed by atoms with Crippen LogP contribution in [0, 0.1) is 17.8 Å². The van der Waals surface area contributed by atoms with E-state index in [-0.39, 0.29) is 0 Å². The first-order chi connectivity index (χ1) is 4.84. The van der Waals surface area contributed by atoms with Gasteiger partial charge in [0.15, 0.2) is 0 Å². The molecule has 2 unspecified atom stereocenters. The lowest BCUT2D eigenvalue weighted by atomic mass is 9.74. The van der Waals surface area contributed by atoms with Crippen LogP contribution >= 0.6 is 0 Å². The Morgan fingerprint density at radius 3 is 2.20 bits per heavy atom. The van der Waals surface area contributed by atoms with Crippen LogP contribution in [0.25, 0.3) is 0 Å². The molecule has 2 fully saturated rings. The lowest BCUT2D eigenvalue weighted by Crippen LogP contribution is -2.40. The third-order valence-corrected chi connectivity index (χ3v) is 3.00. The molecule has 1 heteroatoms. The number of piperidine rings is 1. The summed E-state index contributed by atoms with van der Waals surface area (Å²) in [5.41, 5.74) is 0. The molecule has 58 valence electrons. The molecule has 0 aromatic heterocycles. The van der Waals surface area contributed by atoms with E-state index in [1.54, 1.807) is 0 Å². The standard InChI is InChI=1S/C9H17N/c1-7-2-8-4-9(3-7)6-10-5-8/h7-10H,2-6H2,1H3. The minimum Gasteiger partial charge on any atom is -0.316 e. The highest BCUT2D eigenvalue weighted by atomic mass is 14.9. The topological polar surface area (TPSA) is 12.0 Å². The molecule has 10 heavy (non-hydrogen) atoms. The van der Waals surface area contributed by atoms with Crippen LogP contribution in [0.5, 0.6) is 0 Å². The van der Waals surface area contributed by atoms with Gasteiger partial charge in [0.1, 0.15) is 0 Å². The number of hydrogen-bond donors (Lipinski definition) is 1. The number of nitrogens with one attached hydrogen (secondary N) is 1. The second-order valence-electron chi connectivity index (χ2n) is 4.20. The van der Waals surface area contributed by atoms with Crippen LogP contribution in [0.15, 0.2) is 0 Å². The summed E-state index contributed by atoms with van der Waals surface area (Å²) in [5, 5.41) is 3.51. The van der Waals surface area contributed by atoms with Gasteiger partial charge in [-0.2, -0.15) is 0 Å². The average molecular weight is 139 g/mol. The summed E-state index contributed by atoms with van der Waals surface area (Å²) >= 11 is 0. The van der Waals surface area contributed by atoms with Gasteiger partial charge in [-0.25, -0.2) is 0 Å². The van der Waals surface area contributed by atoms with Gasteiger partial charge in [-0.05, 0) is 50.1 Å². The zero-order valence-corrected chi connectivity index (χ0v) is 6.77. The zero-order valence-electron chi connectivity index (χ0n) is 6.77. The van der Waals surface area contributed by atoms with E-state index in [1.165, 1.54) is 32.4 Å². The highest BCUT2D eigenvalue weighted by molar-refractivity contribution is 4.83. The van der Waals surface area contributed by atoms with Crippen LogP contribution in [-0.2, 0) is 0 Å². The summed E-state index contributed by atoms with van der Waals surface area (Å²) in [7, 11) is 0. The minimum absolute atomic E-state index is 1.01. The van der Waals surface area contributed by atoms with Crippen LogP contribution in [0.3, 0.4) is 0 Å². The molecule has 0 spiro atoms. The molecule has 1 saturated carbocycles. The van der Waals surface area contributed by atoms with Gasteiger partial charge in [-0.15, -0.1) is 0 Å². The molecule has 1 saturated heterocycles. The van der Waals surface area contributed by atoms with Gasteiger partial charge in [0.2, 0.25) is 0 Å². The minimum atomic E-state index is 1.01. The molecule has 1 heterocycles. The first-order valence-corrected chi connectivity index (χ1v) is 4.55. The van der Waals surface area contributed by atoms with Crippen molar-refractivity contribution in [1.29, 1.82) is 0 Å². The van der Waals surface area contributed by atoms with Crippen molar-refractivity contribution in [3.8, 4) is 0 Å². The predicted molar refractivity (Wildman–Crippen MR) is 42.9 cm³/mol. The van der Waals surface area contributed by atoms with E-state index in [2.05, 4.69) is 12.2 Å². The SMILES string of the molecule is CC1CC2CNCC(C1)C2. The summed E-state index contributed by atoms with van der Waals surface area (Å²) < 4.78 is 0. The highest BCUT2D eigenvalue weighted by Crippen LogP contribution is 2.34. The van der Waals surface area contributed by atoms with Crippen molar-refractivity contribution in [3.63, 3.8) is 0 Å². The summed E-state index contributed by atoms with van der Waals surface area (Å²) in [5.74, 6) is 3.04. The summed E-state index contributed by atoms with van der Waals surface area (Å²) in [6, 6.07) is 0. The Morgan fingerprint density at radius 1 is 1.00 bits per heavy atom. The highest BCUT2D eigenvalue weighted by Gasteiger charge is 2.29. The van der Waals surface area contributed by atoms with Gasteiger partial charge in [0.05, 0.1) is 0 Å². The molecular weight excluding hydrogens is 122 g/mol. The van der Waals surface area contributed by atoms with E-state index in [9.17, 15) is 0 Å². The molecule has 1 aliphatic carbocycles. The van der Waals surface area contributed by atoms with Crippen LogP contribution < -0.4 is 5.32 Å². The van der Waals surface area contributed by atoms with Crippen molar-refractivity contribution in [2.75, 3.05) is 13.1 Å². The fourth-order valence-corrected chi connectivity index (χ4v) is 2.72. The lowest BCUT2D eigenvalue weighted by molar-refractivity contribution is 0.161. The molecule has 0 aromatic rings. The Hall–Kier alpha value is -0.0400. The Morgan fingerprint density at radius 2 is 1.60 bits per heavy atom. The van der Waals surface area contributed by atoms with Crippen molar-refractivity contribution in [2.24, 2.45) is 17.8 Å². The van der Waals surface area contributed by atoms with Gasteiger partial charge in [-0.1, -0.05) is 6.92 Å². The lowest BCUT2D eigenvalue weighted by Gasteiger charge is -2.38. The van der Waals surface area contributed by atoms with E-state index < -0.39 is 0 Å². The average Bonchev–Trinajstić information content (AvgIpc) is 1.85. The number of fused-ring (bicyclic) bond motifs is 2. The molecule has 2 aliphatic rings. The monoisotopic (exact) mass is 139 g/mol. The fourth-order valence-electron chi connectivity index (χ4n) is 2.72. The molecule has 2 rings (SSSR count). The van der Waals surface area contributed by atoms with Crippen LogP contribution in [0.2, 0.25) is 0 Å². The Labute approximate surface area is 63.2 Å². The van der Waals surface area contributed by atoms with Gasteiger partial charge in [0, 0.05) is 0 Å². The molecule has 2 bridgehead atoms. The summed E-state index contributed by atoms with van der Waals surface area (Å²) in [6.45, 7) is 4.99. The molecular formula is C9H17N. The van der Waals surface area contributed by atoms with E-state index in [1.807, 2.05) is 0 Å². The Bertz CT molecular complexity index is 106. The van der Waals surface area contributed by atoms with E-state index >= 15 is 0 Å².